The van der Waals surface area contributed by atoms with E-state index in [1.54, 1.807) is 11.0 Å². The highest BCUT2D eigenvalue weighted by Gasteiger charge is 2.31. The number of aromatic nitrogens is 2. The number of carbonyl (C=O) groups is 1. The molecule has 122 valence electrons. The summed E-state index contributed by atoms with van der Waals surface area (Å²) in [5, 5.41) is 0.300. The Morgan fingerprint density at radius 3 is 2.86 bits per heavy atom. The first kappa shape index (κ1) is 17.1. The van der Waals surface area contributed by atoms with Crippen molar-refractivity contribution in [3.63, 3.8) is 0 Å². The zero-order valence-corrected chi connectivity index (χ0v) is 14.5. The van der Waals surface area contributed by atoms with E-state index in [-0.39, 0.29) is 16.6 Å². The van der Waals surface area contributed by atoms with Gasteiger partial charge in [0, 0.05) is 19.3 Å². The lowest BCUT2D eigenvalue weighted by Crippen LogP contribution is -2.45. The van der Waals surface area contributed by atoms with Crippen molar-refractivity contribution in [2.75, 3.05) is 13.1 Å². The van der Waals surface area contributed by atoms with E-state index in [1.165, 1.54) is 6.20 Å². The monoisotopic (exact) mass is 345 g/mol. The standard InChI is InChI=1S/C14H20ClN3O3S/c1-14(2,3)21-13(19)18-8-4-5-10(9-18)22(20)11-6-7-16-12(15)17-11/h6-7,10H,4-5,8-9H2,1-3H3/t10-,22+/m0/s1. The Balaban J connectivity index is 2.04. The maximum Gasteiger partial charge on any atom is 0.410 e. The molecular formula is C14H20ClN3O3S. The van der Waals surface area contributed by atoms with Gasteiger partial charge in [0.1, 0.15) is 10.6 Å². The van der Waals surface area contributed by atoms with Gasteiger partial charge in [-0.25, -0.2) is 14.8 Å². The number of likely N-dealkylation sites (tertiary alicyclic amines) is 1. The van der Waals surface area contributed by atoms with E-state index in [0.717, 1.165) is 12.8 Å². The van der Waals surface area contributed by atoms with Crippen LogP contribution in [-0.2, 0) is 15.5 Å². The minimum absolute atomic E-state index is 0.0747. The molecule has 0 saturated carbocycles. The first-order valence-electron chi connectivity index (χ1n) is 7.13. The Morgan fingerprint density at radius 2 is 2.23 bits per heavy atom. The first-order chi connectivity index (χ1) is 10.3. The van der Waals surface area contributed by atoms with Crippen molar-refractivity contribution in [3.8, 4) is 0 Å². The number of hydrogen-bond acceptors (Lipinski definition) is 5. The number of carbonyl (C=O) groups excluding carboxylic acids is 1. The molecule has 1 aliphatic rings. The van der Waals surface area contributed by atoms with Crippen LogP contribution < -0.4 is 0 Å². The number of ether oxygens (including phenoxy) is 1. The van der Waals surface area contributed by atoms with E-state index < -0.39 is 16.4 Å². The van der Waals surface area contributed by atoms with Gasteiger partial charge in [0.25, 0.3) is 0 Å². The minimum atomic E-state index is -1.33. The van der Waals surface area contributed by atoms with Gasteiger partial charge in [-0.05, 0) is 51.3 Å². The smallest absolute Gasteiger partial charge is 0.410 e. The van der Waals surface area contributed by atoms with Crippen LogP contribution in [0.15, 0.2) is 17.3 Å². The van der Waals surface area contributed by atoms with Gasteiger partial charge in [0.2, 0.25) is 5.28 Å². The number of rotatable bonds is 2. The molecule has 2 rings (SSSR count). The average Bonchev–Trinajstić information content (AvgIpc) is 2.45. The summed E-state index contributed by atoms with van der Waals surface area (Å²) in [6.07, 6.45) is 2.67. The van der Waals surface area contributed by atoms with E-state index >= 15 is 0 Å². The number of nitrogens with zero attached hydrogens (tertiary/aromatic N) is 3. The Labute approximate surface area is 137 Å². The third kappa shape index (κ3) is 4.64. The molecule has 0 bridgehead atoms. The van der Waals surface area contributed by atoms with Gasteiger partial charge in [-0.3, -0.25) is 4.21 Å². The SMILES string of the molecule is CC(C)(C)OC(=O)N1CCC[C@H]([S@@](=O)c2ccnc(Cl)n2)C1. The Hall–Kier alpha value is -1.21. The van der Waals surface area contributed by atoms with Crippen LogP contribution in [0.1, 0.15) is 33.6 Å². The number of halogens is 1. The highest BCUT2D eigenvalue weighted by molar-refractivity contribution is 7.85. The van der Waals surface area contributed by atoms with Crippen molar-refractivity contribution < 1.29 is 13.7 Å². The molecule has 0 spiro atoms. The van der Waals surface area contributed by atoms with E-state index in [0.29, 0.717) is 18.1 Å². The average molecular weight is 346 g/mol. The van der Waals surface area contributed by atoms with Gasteiger partial charge < -0.3 is 9.64 Å². The maximum absolute atomic E-state index is 12.6. The molecule has 1 aliphatic heterocycles. The molecule has 0 unspecified atom stereocenters. The quantitative estimate of drug-likeness (QED) is 0.608. The van der Waals surface area contributed by atoms with Crippen LogP contribution in [0.4, 0.5) is 4.79 Å². The van der Waals surface area contributed by atoms with Gasteiger partial charge >= 0.3 is 6.09 Å². The summed E-state index contributed by atoms with van der Waals surface area (Å²) in [7, 11) is -1.33. The second-order valence-corrected chi connectivity index (χ2v) is 8.17. The molecule has 8 heteroatoms. The van der Waals surface area contributed by atoms with E-state index in [1.807, 2.05) is 20.8 Å². The van der Waals surface area contributed by atoms with Crippen molar-refractivity contribution in [3.05, 3.63) is 17.5 Å². The van der Waals surface area contributed by atoms with Gasteiger partial charge in [-0.15, -0.1) is 0 Å². The zero-order valence-electron chi connectivity index (χ0n) is 12.9. The highest BCUT2D eigenvalue weighted by atomic mass is 35.5. The van der Waals surface area contributed by atoms with Crippen LogP contribution in [-0.4, -0.2) is 49.1 Å². The fourth-order valence-corrected chi connectivity index (χ4v) is 3.81. The molecule has 0 N–H and O–H groups in total. The molecule has 1 amide bonds. The fraction of sp³-hybridized carbons (Fsp3) is 0.643. The molecule has 2 heterocycles. The van der Waals surface area contributed by atoms with Crippen LogP contribution in [0, 0.1) is 0 Å². The van der Waals surface area contributed by atoms with E-state index in [4.69, 9.17) is 16.3 Å². The molecule has 1 fully saturated rings. The molecule has 0 radical (unpaired) electrons. The molecule has 6 nitrogen and oxygen atoms in total. The topological polar surface area (TPSA) is 72.4 Å². The highest BCUT2D eigenvalue weighted by Crippen LogP contribution is 2.21. The van der Waals surface area contributed by atoms with Crippen molar-refractivity contribution in [2.45, 2.75) is 49.5 Å². The summed E-state index contributed by atoms with van der Waals surface area (Å²) in [5.74, 6) is 0. The second kappa shape index (κ2) is 6.91. The summed E-state index contributed by atoms with van der Waals surface area (Å²) in [6.45, 7) is 6.49. The summed E-state index contributed by atoms with van der Waals surface area (Å²) in [5.41, 5.74) is -0.538. The number of piperidine rings is 1. The third-order valence-electron chi connectivity index (χ3n) is 3.14. The van der Waals surface area contributed by atoms with Crippen molar-refractivity contribution >= 4 is 28.5 Å². The zero-order chi connectivity index (χ0) is 16.3. The Kier molecular flexibility index (Phi) is 5.39. The molecular weight excluding hydrogens is 326 g/mol. The van der Waals surface area contributed by atoms with Crippen molar-refractivity contribution in [1.29, 1.82) is 0 Å². The maximum atomic E-state index is 12.6. The lowest BCUT2D eigenvalue weighted by atomic mass is 10.1. The Morgan fingerprint density at radius 1 is 1.50 bits per heavy atom. The van der Waals surface area contributed by atoms with Gasteiger partial charge in [0.05, 0.1) is 16.0 Å². The van der Waals surface area contributed by atoms with Crippen LogP contribution in [0.2, 0.25) is 5.28 Å². The molecule has 1 saturated heterocycles. The fourth-order valence-electron chi connectivity index (χ4n) is 2.21. The largest absolute Gasteiger partial charge is 0.444 e. The van der Waals surface area contributed by atoms with E-state index in [9.17, 15) is 9.00 Å². The predicted octanol–water partition coefficient (Wildman–Crippen LogP) is 2.64. The molecule has 0 aliphatic carbocycles. The third-order valence-corrected chi connectivity index (χ3v) is 4.95. The van der Waals surface area contributed by atoms with Crippen LogP contribution in [0.5, 0.6) is 0 Å². The molecule has 22 heavy (non-hydrogen) atoms. The summed E-state index contributed by atoms with van der Waals surface area (Å²) >= 11 is 5.74. The lowest BCUT2D eigenvalue weighted by molar-refractivity contribution is 0.0219. The normalized spacial score (nSPS) is 20.5. The first-order valence-corrected chi connectivity index (χ1v) is 8.72. The second-order valence-electron chi connectivity index (χ2n) is 6.15. The molecule has 1 aromatic rings. The van der Waals surface area contributed by atoms with Crippen molar-refractivity contribution in [1.82, 2.24) is 14.9 Å². The minimum Gasteiger partial charge on any atom is -0.444 e. The molecule has 0 aromatic carbocycles. The molecule has 1 aromatic heterocycles. The predicted molar refractivity (Wildman–Crippen MR) is 84.3 cm³/mol. The van der Waals surface area contributed by atoms with Crippen LogP contribution >= 0.6 is 11.6 Å². The van der Waals surface area contributed by atoms with Gasteiger partial charge in [-0.1, -0.05) is 0 Å². The summed E-state index contributed by atoms with van der Waals surface area (Å²) in [6, 6.07) is 1.59. The summed E-state index contributed by atoms with van der Waals surface area (Å²) < 4.78 is 18.0. The van der Waals surface area contributed by atoms with Crippen LogP contribution in [0.3, 0.4) is 0 Å². The molecule has 2 atom stereocenters. The van der Waals surface area contributed by atoms with Crippen LogP contribution in [0.25, 0.3) is 0 Å². The van der Waals surface area contributed by atoms with E-state index in [2.05, 4.69) is 9.97 Å². The number of amides is 1. The van der Waals surface area contributed by atoms with Crippen molar-refractivity contribution in [2.24, 2.45) is 0 Å². The summed E-state index contributed by atoms with van der Waals surface area (Å²) in [4.78, 5) is 21.5. The lowest BCUT2D eigenvalue weighted by Gasteiger charge is -2.33. The van der Waals surface area contributed by atoms with Gasteiger partial charge in [-0.2, -0.15) is 0 Å². The Bertz CT molecular complexity index is 577. The number of hydrogen-bond donors (Lipinski definition) is 0. The van der Waals surface area contributed by atoms with Gasteiger partial charge in [0.15, 0.2) is 0 Å².